The Bertz CT molecular complexity index is 685. The fourth-order valence-corrected chi connectivity index (χ4v) is 4.40. The Labute approximate surface area is 134 Å². The van der Waals surface area contributed by atoms with E-state index in [4.69, 9.17) is 10.2 Å². The molecule has 0 bridgehead atoms. The van der Waals surface area contributed by atoms with E-state index in [1.807, 2.05) is 22.2 Å². The van der Waals surface area contributed by atoms with Crippen molar-refractivity contribution in [3.05, 3.63) is 34.0 Å². The lowest BCUT2D eigenvalue weighted by atomic mass is 10.1. The van der Waals surface area contributed by atoms with Gasteiger partial charge in [-0.3, -0.25) is 9.58 Å². The van der Waals surface area contributed by atoms with Crippen LogP contribution >= 0.6 is 11.3 Å². The Morgan fingerprint density at radius 3 is 2.86 bits per heavy atom. The van der Waals surface area contributed by atoms with Gasteiger partial charge in [-0.05, 0) is 12.8 Å². The van der Waals surface area contributed by atoms with Gasteiger partial charge in [0.05, 0.1) is 28.5 Å². The van der Waals surface area contributed by atoms with Crippen LogP contribution in [0.5, 0.6) is 0 Å². The summed E-state index contributed by atoms with van der Waals surface area (Å²) in [5.74, 6) is 0.719. The molecular formula is C16H19N5S. The summed E-state index contributed by atoms with van der Waals surface area (Å²) in [5, 5.41) is 16.7. The molecule has 0 spiro atoms. The Hall–Kier alpha value is -1.71. The minimum absolute atomic E-state index is 0.398. The minimum Gasteiger partial charge on any atom is -0.293 e. The van der Waals surface area contributed by atoms with Gasteiger partial charge >= 0.3 is 0 Å². The largest absolute Gasteiger partial charge is 0.293 e. The number of nitrogens with zero attached hydrogens (tertiary/aromatic N) is 5. The minimum atomic E-state index is 0.398. The van der Waals surface area contributed by atoms with Crippen LogP contribution in [0.2, 0.25) is 0 Å². The molecule has 0 N–H and O–H groups in total. The molecule has 5 nitrogen and oxygen atoms in total. The average Bonchev–Trinajstić information content (AvgIpc) is 3.21. The number of nitriles is 1. The van der Waals surface area contributed by atoms with Gasteiger partial charge in [0.25, 0.3) is 0 Å². The average molecular weight is 313 g/mol. The number of likely N-dealkylation sites (tertiary alicyclic amines) is 1. The van der Waals surface area contributed by atoms with Gasteiger partial charge in [0, 0.05) is 37.1 Å². The summed E-state index contributed by atoms with van der Waals surface area (Å²) in [6, 6.07) is 2.52. The first-order chi connectivity index (χ1) is 10.8. The maximum Gasteiger partial charge on any atom is 0.102 e. The summed E-state index contributed by atoms with van der Waals surface area (Å²) in [7, 11) is 0. The van der Waals surface area contributed by atoms with Crippen molar-refractivity contribution in [3.63, 3.8) is 0 Å². The Morgan fingerprint density at radius 1 is 1.32 bits per heavy atom. The summed E-state index contributed by atoms with van der Waals surface area (Å²) in [6.45, 7) is 2.91. The van der Waals surface area contributed by atoms with Crippen molar-refractivity contribution in [2.75, 3.05) is 13.1 Å². The molecule has 1 saturated carbocycles. The van der Waals surface area contributed by atoms with E-state index in [0.717, 1.165) is 25.6 Å². The number of thiazole rings is 1. The second kappa shape index (κ2) is 5.82. The molecule has 6 heteroatoms. The fourth-order valence-electron chi connectivity index (χ4n) is 3.42. The number of hydrogen-bond donors (Lipinski definition) is 0. The molecule has 1 saturated heterocycles. The summed E-state index contributed by atoms with van der Waals surface area (Å²) in [4.78, 5) is 7.24. The molecule has 0 unspecified atom stereocenters. The van der Waals surface area contributed by atoms with Crippen LogP contribution in [-0.4, -0.2) is 32.8 Å². The molecule has 114 valence electrons. The Kier molecular flexibility index (Phi) is 3.68. The summed E-state index contributed by atoms with van der Waals surface area (Å²) < 4.78 is 1.92. The van der Waals surface area contributed by atoms with E-state index in [9.17, 15) is 0 Å². The van der Waals surface area contributed by atoms with Crippen molar-refractivity contribution in [1.29, 1.82) is 5.26 Å². The monoisotopic (exact) mass is 313 g/mol. The van der Waals surface area contributed by atoms with E-state index in [0.29, 0.717) is 11.6 Å². The van der Waals surface area contributed by atoms with Crippen molar-refractivity contribution in [1.82, 2.24) is 19.7 Å². The van der Waals surface area contributed by atoms with E-state index < -0.39 is 0 Å². The third-order valence-electron chi connectivity index (χ3n) is 4.70. The first-order valence-electron chi connectivity index (χ1n) is 7.93. The maximum absolute atomic E-state index is 8.84. The third-order valence-corrected chi connectivity index (χ3v) is 5.76. The van der Waals surface area contributed by atoms with Crippen molar-refractivity contribution in [3.8, 4) is 6.07 Å². The molecule has 2 aromatic heterocycles. The molecule has 3 heterocycles. The van der Waals surface area contributed by atoms with Crippen molar-refractivity contribution < 1.29 is 0 Å². The highest BCUT2D eigenvalue weighted by atomic mass is 32.1. The highest BCUT2D eigenvalue weighted by Gasteiger charge is 2.29. The molecule has 4 rings (SSSR count). The van der Waals surface area contributed by atoms with Gasteiger partial charge in [-0.2, -0.15) is 10.4 Å². The standard InChI is InChI=1S/C16H19N5S/c17-5-12-6-18-21(7-12)15-9-20(10-15)8-14-11-22-16(19-14)13-3-1-2-4-13/h6-7,11,13,15H,1-4,8-10H2. The molecule has 22 heavy (non-hydrogen) atoms. The van der Waals surface area contributed by atoms with Crippen molar-refractivity contribution in [2.24, 2.45) is 0 Å². The lowest BCUT2D eigenvalue weighted by molar-refractivity contribution is 0.0897. The van der Waals surface area contributed by atoms with Crippen LogP contribution in [0.3, 0.4) is 0 Å². The predicted octanol–water partition coefficient (Wildman–Crippen LogP) is 2.93. The van der Waals surface area contributed by atoms with Crippen LogP contribution in [0.15, 0.2) is 17.8 Å². The summed E-state index contributed by atoms with van der Waals surface area (Å²) >= 11 is 1.84. The number of aromatic nitrogens is 3. The lowest BCUT2D eigenvalue weighted by Crippen LogP contribution is -2.47. The van der Waals surface area contributed by atoms with Crippen LogP contribution in [-0.2, 0) is 6.54 Å². The zero-order chi connectivity index (χ0) is 14.9. The Balaban J connectivity index is 1.31. The van der Waals surface area contributed by atoms with Gasteiger partial charge < -0.3 is 0 Å². The summed E-state index contributed by atoms with van der Waals surface area (Å²) in [6.07, 6.45) is 8.84. The van der Waals surface area contributed by atoms with E-state index in [1.165, 1.54) is 36.4 Å². The van der Waals surface area contributed by atoms with Gasteiger partial charge in [-0.25, -0.2) is 4.98 Å². The SMILES string of the molecule is N#Cc1cnn(C2CN(Cc3csc(C4CCCC4)n3)C2)c1. The molecule has 0 radical (unpaired) electrons. The van der Waals surface area contributed by atoms with Crippen molar-refractivity contribution >= 4 is 11.3 Å². The normalized spacial score (nSPS) is 20.1. The van der Waals surface area contributed by atoms with E-state index in [-0.39, 0.29) is 0 Å². The highest BCUT2D eigenvalue weighted by Crippen LogP contribution is 2.36. The molecule has 2 fully saturated rings. The number of rotatable bonds is 4. The maximum atomic E-state index is 8.84. The summed E-state index contributed by atoms with van der Waals surface area (Å²) in [5.41, 5.74) is 1.85. The zero-order valence-corrected chi connectivity index (χ0v) is 13.3. The first-order valence-corrected chi connectivity index (χ1v) is 8.80. The van der Waals surface area contributed by atoms with Gasteiger partial charge in [-0.1, -0.05) is 12.8 Å². The third kappa shape index (κ3) is 2.67. The Morgan fingerprint density at radius 2 is 2.14 bits per heavy atom. The van der Waals surface area contributed by atoms with Crippen LogP contribution in [0.4, 0.5) is 0 Å². The van der Waals surface area contributed by atoms with E-state index in [1.54, 1.807) is 6.20 Å². The van der Waals surface area contributed by atoms with Gasteiger partial charge in [0.1, 0.15) is 6.07 Å². The molecule has 1 aliphatic carbocycles. The second-order valence-corrected chi connectivity index (χ2v) is 7.22. The zero-order valence-electron chi connectivity index (χ0n) is 12.5. The van der Waals surface area contributed by atoms with E-state index in [2.05, 4.69) is 21.4 Å². The van der Waals surface area contributed by atoms with Crippen molar-refractivity contribution in [2.45, 2.75) is 44.2 Å². The first kappa shape index (κ1) is 13.9. The number of hydrogen-bond acceptors (Lipinski definition) is 5. The predicted molar refractivity (Wildman–Crippen MR) is 84.6 cm³/mol. The van der Waals surface area contributed by atoms with E-state index >= 15 is 0 Å². The van der Waals surface area contributed by atoms with Gasteiger partial charge in [0.15, 0.2) is 0 Å². The molecule has 0 atom stereocenters. The molecule has 1 aliphatic heterocycles. The topological polar surface area (TPSA) is 57.7 Å². The van der Waals surface area contributed by atoms with Crippen LogP contribution in [0.1, 0.15) is 53.9 Å². The van der Waals surface area contributed by atoms with Crippen LogP contribution in [0, 0.1) is 11.3 Å². The fraction of sp³-hybridized carbons (Fsp3) is 0.562. The lowest BCUT2D eigenvalue weighted by Gasteiger charge is -2.38. The smallest absolute Gasteiger partial charge is 0.102 e. The van der Waals surface area contributed by atoms with Gasteiger partial charge in [0.2, 0.25) is 0 Å². The quantitative estimate of drug-likeness (QED) is 0.871. The van der Waals surface area contributed by atoms with Crippen LogP contribution in [0.25, 0.3) is 0 Å². The van der Waals surface area contributed by atoms with Crippen LogP contribution < -0.4 is 0 Å². The highest BCUT2D eigenvalue weighted by molar-refractivity contribution is 7.09. The molecule has 0 amide bonds. The molecule has 2 aromatic rings. The second-order valence-electron chi connectivity index (χ2n) is 6.33. The van der Waals surface area contributed by atoms with Gasteiger partial charge in [-0.15, -0.1) is 11.3 Å². The molecule has 2 aliphatic rings. The molecule has 0 aromatic carbocycles. The molecular weight excluding hydrogens is 294 g/mol.